The molecule has 4 heteroatoms. The van der Waals surface area contributed by atoms with E-state index in [0.29, 0.717) is 18.1 Å². The second-order valence-corrected chi connectivity index (χ2v) is 4.81. The van der Waals surface area contributed by atoms with Crippen LogP contribution in [0.5, 0.6) is 0 Å². The van der Waals surface area contributed by atoms with E-state index in [1.165, 1.54) is 0 Å². The lowest BCUT2D eigenvalue weighted by Crippen LogP contribution is -2.42. The van der Waals surface area contributed by atoms with Crippen molar-refractivity contribution in [2.24, 2.45) is 0 Å². The van der Waals surface area contributed by atoms with Crippen LogP contribution in [0.3, 0.4) is 0 Å². The standard InChI is InChI=1S/C14H20ClNO2/c1-4-10-14(3,18-5-2)13(17)16-12-8-6-11(15)7-9-12/h6-9H,4-5,10H2,1-3H3,(H,16,17). The van der Waals surface area contributed by atoms with Gasteiger partial charge in [0.2, 0.25) is 0 Å². The molecule has 1 aromatic rings. The minimum Gasteiger partial charge on any atom is -0.366 e. The Bertz CT molecular complexity index is 383. The third-order valence-electron chi connectivity index (χ3n) is 2.77. The number of benzene rings is 1. The second kappa shape index (κ2) is 6.76. The molecule has 0 bridgehead atoms. The lowest BCUT2D eigenvalue weighted by atomic mass is 9.99. The number of anilines is 1. The summed E-state index contributed by atoms with van der Waals surface area (Å²) in [5, 5.41) is 3.50. The number of amides is 1. The Morgan fingerprint density at radius 2 is 1.94 bits per heavy atom. The topological polar surface area (TPSA) is 38.3 Å². The van der Waals surface area contributed by atoms with Gasteiger partial charge in [-0.3, -0.25) is 4.79 Å². The minimum absolute atomic E-state index is 0.117. The molecule has 0 aliphatic carbocycles. The van der Waals surface area contributed by atoms with Gasteiger partial charge in [0.15, 0.2) is 0 Å². The van der Waals surface area contributed by atoms with E-state index in [4.69, 9.17) is 16.3 Å². The van der Waals surface area contributed by atoms with Gasteiger partial charge in [-0.2, -0.15) is 0 Å². The highest BCUT2D eigenvalue weighted by atomic mass is 35.5. The van der Waals surface area contributed by atoms with Gasteiger partial charge in [-0.15, -0.1) is 0 Å². The number of carbonyl (C=O) groups excluding carboxylic acids is 1. The van der Waals surface area contributed by atoms with Crippen LogP contribution < -0.4 is 5.32 Å². The molecule has 1 unspecified atom stereocenters. The fourth-order valence-corrected chi connectivity index (χ4v) is 1.97. The van der Waals surface area contributed by atoms with Crippen molar-refractivity contribution in [3.05, 3.63) is 29.3 Å². The molecule has 100 valence electrons. The fraction of sp³-hybridized carbons (Fsp3) is 0.500. The number of halogens is 1. The number of carbonyl (C=O) groups is 1. The van der Waals surface area contributed by atoms with Crippen LogP contribution in [-0.2, 0) is 9.53 Å². The molecule has 0 heterocycles. The highest BCUT2D eigenvalue weighted by molar-refractivity contribution is 6.30. The maximum absolute atomic E-state index is 12.2. The molecule has 0 aliphatic heterocycles. The van der Waals surface area contributed by atoms with Crippen molar-refractivity contribution >= 4 is 23.2 Å². The highest BCUT2D eigenvalue weighted by Crippen LogP contribution is 2.21. The van der Waals surface area contributed by atoms with E-state index >= 15 is 0 Å². The van der Waals surface area contributed by atoms with Crippen LogP contribution in [0, 0.1) is 0 Å². The summed E-state index contributed by atoms with van der Waals surface area (Å²) in [6, 6.07) is 7.04. The van der Waals surface area contributed by atoms with Gasteiger partial charge in [0.25, 0.3) is 5.91 Å². The summed E-state index contributed by atoms with van der Waals surface area (Å²) in [6.07, 6.45) is 1.59. The van der Waals surface area contributed by atoms with E-state index in [1.807, 2.05) is 20.8 Å². The first-order valence-corrected chi connectivity index (χ1v) is 6.60. The van der Waals surface area contributed by atoms with Gasteiger partial charge in [-0.05, 0) is 44.5 Å². The van der Waals surface area contributed by atoms with Crippen LogP contribution in [0.1, 0.15) is 33.6 Å². The number of rotatable bonds is 6. The molecule has 0 fully saturated rings. The summed E-state index contributed by atoms with van der Waals surface area (Å²) < 4.78 is 5.59. The van der Waals surface area contributed by atoms with Crippen LogP contribution in [0.25, 0.3) is 0 Å². The molecule has 18 heavy (non-hydrogen) atoms. The number of nitrogens with one attached hydrogen (secondary N) is 1. The molecule has 1 atom stereocenters. The van der Waals surface area contributed by atoms with Gasteiger partial charge in [-0.1, -0.05) is 24.9 Å². The van der Waals surface area contributed by atoms with E-state index in [1.54, 1.807) is 24.3 Å². The van der Waals surface area contributed by atoms with E-state index in [2.05, 4.69) is 5.32 Å². The van der Waals surface area contributed by atoms with E-state index in [0.717, 1.165) is 12.1 Å². The zero-order chi connectivity index (χ0) is 13.6. The molecule has 1 rings (SSSR count). The van der Waals surface area contributed by atoms with E-state index in [9.17, 15) is 4.79 Å². The Balaban J connectivity index is 2.75. The summed E-state index contributed by atoms with van der Waals surface area (Å²) >= 11 is 5.80. The largest absolute Gasteiger partial charge is 0.366 e. The van der Waals surface area contributed by atoms with E-state index in [-0.39, 0.29) is 5.91 Å². The van der Waals surface area contributed by atoms with Gasteiger partial charge in [0, 0.05) is 17.3 Å². The monoisotopic (exact) mass is 269 g/mol. The molecule has 0 saturated heterocycles. The van der Waals surface area contributed by atoms with Gasteiger partial charge in [0.1, 0.15) is 5.60 Å². The van der Waals surface area contributed by atoms with Gasteiger partial charge in [-0.25, -0.2) is 0 Å². The number of hydrogen-bond acceptors (Lipinski definition) is 2. The molecule has 0 aromatic heterocycles. The summed E-state index contributed by atoms with van der Waals surface area (Å²) in [7, 11) is 0. The zero-order valence-corrected chi connectivity index (χ0v) is 11.9. The Morgan fingerprint density at radius 1 is 1.33 bits per heavy atom. The zero-order valence-electron chi connectivity index (χ0n) is 11.1. The quantitative estimate of drug-likeness (QED) is 0.851. The lowest BCUT2D eigenvalue weighted by Gasteiger charge is -2.27. The van der Waals surface area contributed by atoms with Gasteiger partial charge in [0.05, 0.1) is 0 Å². The first-order valence-electron chi connectivity index (χ1n) is 6.23. The summed E-state index contributed by atoms with van der Waals surface area (Å²) in [4.78, 5) is 12.2. The van der Waals surface area contributed by atoms with Crippen LogP contribution in [0.4, 0.5) is 5.69 Å². The molecule has 1 N–H and O–H groups in total. The number of hydrogen-bond donors (Lipinski definition) is 1. The average molecular weight is 270 g/mol. The molecule has 1 amide bonds. The smallest absolute Gasteiger partial charge is 0.256 e. The van der Waals surface area contributed by atoms with Crippen LogP contribution in [0.2, 0.25) is 5.02 Å². The second-order valence-electron chi connectivity index (χ2n) is 4.37. The first kappa shape index (κ1) is 15.0. The molecule has 1 aromatic carbocycles. The molecule has 0 spiro atoms. The predicted molar refractivity (Wildman–Crippen MR) is 75.0 cm³/mol. The van der Waals surface area contributed by atoms with Crippen molar-refractivity contribution in [2.75, 3.05) is 11.9 Å². The highest BCUT2D eigenvalue weighted by Gasteiger charge is 2.32. The Hall–Kier alpha value is -1.06. The van der Waals surface area contributed by atoms with Crippen molar-refractivity contribution in [3.8, 4) is 0 Å². The first-order chi connectivity index (χ1) is 8.51. The summed E-state index contributed by atoms with van der Waals surface area (Å²) in [5.41, 5.74) is -0.0465. The van der Waals surface area contributed by atoms with Crippen molar-refractivity contribution in [2.45, 2.75) is 39.2 Å². The van der Waals surface area contributed by atoms with E-state index < -0.39 is 5.60 Å². The molecule has 3 nitrogen and oxygen atoms in total. The van der Waals surface area contributed by atoms with Gasteiger partial charge < -0.3 is 10.1 Å². The molecule has 0 radical (unpaired) electrons. The minimum atomic E-state index is -0.775. The normalized spacial score (nSPS) is 14.0. The average Bonchev–Trinajstić information content (AvgIpc) is 2.32. The molecule has 0 aliphatic rings. The predicted octanol–water partition coefficient (Wildman–Crippen LogP) is 3.87. The fourth-order valence-electron chi connectivity index (χ4n) is 1.84. The molecular formula is C14H20ClNO2. The van der Waals surface area contributed by atoms with Gasteiger partial charge >= 0.3 is 0 Å². The maximum atomic E-state index is 12.2. The van der Waals surface area contributed by atoms with Crippen molar-refractivity contribution < 1.29 is 9.53 Å². The Labute approximate surface area is 113 Å². The number of ether oxygens (including phenoxy) is 1. The third-order valence-corrected chi connectivity index (χ3v) is 3.02. The Kier molecular flexibility index (Phi) is 5.63. The lowest BCUT2D eigenvalue weighted by molar-refractivity contribution is -0.139. The maximum Gasteiger partial charge on any atom is 0.256 e. The van der Waals surface area contributed by atoms with Crippen molar-refractivity contribution in [1.82, 2.24) is 0 Å². The van der Waals surface area contributed by atoms with Crippen molar-refractivity contribution in [3.63, 3.8) is 0 Å². The van der Waals surface area contributed by atoms with Crippen molar-refractivity contribution in [1.29, 1.82) is 0 Å². The van der Waals surface area contributed by atoms with Crippen LogP contribution >= 0.6 is 11.6 Å². The Morgan fingerprint density at radius 3 is 2.44 bits per heavy atom. The molecular weight excluding hydrogens is 250 g/mol. The van der Waals surface area contributed by atoms with Crippen LogP contribution in [-0.4, -0.2) is 18.1 Å². The third kappa shape index (κ3) is 4.00. The molecule has 0 saturated carbocycles. The summed E-state index contributed by atoms with van der Waals surface area (Å²) in [6.45, 7) is 6.27. The summed E-state index contributed by atoms with van der Waals surface area (Å²) in [5.74, 6) is -0.117. The van der Waals surface area contributed by atoms with Crippen LogP contribution in [0.15, 0.2) is 24.3 Å². The SMILES string of the molecule is CCCC(C)(OCC)C(=O)Nc1ccc(Cl)cc1.